The van der Waals surface area contributed by atoms with Crippen LogP contribution in [0.5, 0.6) is 11.8 Å². The number of rotatable bonds is 8. The summed E-state index contributed by atoms with van der Waals surface area (Å²) in [6.07, 6.45) is 0. The lowest BCUT2D eigenvalue weighted by atomic mass is 10.2. The van der Waals surface area contributed by atoms with Crippen molar-refractivity contribution in [1.29, 1.82) is 0 Å². The Bertz CT molecular complexity index is 1290. The third-order valence-corrected chi connectivity index (χ3v) is 7.61. The summed E-state index contributed by atoms with van der Waals surface area (Å²) in [5.74, 6) is 0.177. The molecule has 4 rings (SSSR count). The molecule has 1 aromatic heterocycles. The highest BCUT2D eigenvalue weighted by Gasteiger charge is 2.26. The molecule has 3 aromatic rings. The summed E-state index contributed by atoms with van der Waals surface area (Å²) in [7, 11) is -2.00. The minimum Gasteiger partial charge on any atom is -0.424 e. The molecule has 35 heavy (non-hydrogen) atoms. The van der Waals surface area contributed by atoms with Crippen LogP contribution >= 0.6 is 0 Å². The van der Waals surface area contributed by atoms with E-state index in [1.807, 2.05) is 25.1 Å². The molecule has 0 amide bonds. The second-order valence-corrected chi connectivity index (χ2v) is 10.4. The standard InChI is InChI=1S/C24H31FN6O3S/c1-5-31-23(18(3)28-35(32,33)22-15-17(2)9-10-21(22)25)26-27-24(31)34-20-8-6-7-19(16-20)30-13-11-29(4)12-14-30/h6-10,15-16,18,28H,5,11-14H2,1-4H3/t18-/m1/s1. The monoisotopic (exact) mass is 502 g/mol. The average Bonchev–Trinajstić information content (AvgIpc) is 3.23. The van der Waals surface area contributed by atoms with Crippen molar-refractivity contribution in [3.05, 3.63) is 59.7 Å². The number of piperazine rings is 1. The van der Waals surface area contributed by atoms with Crippen LogP contribution in [0.3, 0.4) is 0 Å². The fourth-order valence-electron chi connectivity index (χ4n) is 4.07. The van der Waals surface area contributed by atoms with E-state index in [1.165, 1.54) is 12.1 Å². The molecule has 2 aromatic carbocycles. The summed E-state index contributed by atoms with van der Waals surface area (Å²) in [4.78, 5) is 4.21. The van der Waals surface area contributed by atoms with E-state index in [0.717, 1.165) is 37.9 Å². The molecule has 2 heterocycles. The third-order valence-electron chi connectivity index (χ3n) is 6.05. The van der Waals surface area contributed by atoms with Crippen LogP contribution in [0, 0.1) is 12.7 Å². The molecule has 0 saturated carbocycles. The average molecular weight is 503 g/mol. The zero-order chi connectivity index (χ0) is 25.2. The smallest absolute Gasteiger partial charge is 0.322 e. The molecule has 0 unspecified atom stereocenters. The van der Waals surface area contributed by atoms with Crippen LogP contribution in [0.2, 0.25) is 0 Å². The minimum atomic E-state index is -4.11. The number of sulfonamides is 1. The molecular formula is C24H31FN6O3S. The van der Waals surface area contributed by atoms with E-state index < -0.39 is 26.8 Å². The van der Waals surface area contributed by atoms with Gasteiger partial charge in [0.15, 0.2) is 5.82 Å². The van der Waals surface area contributed by atoms with Crippen LogP contribution in [0.15, 0.2) is 47.4 Å². The highest BCUT2D eigenvalue weighted by Crippen LogP contribution is 2.28. The van der Waals surface area contributed by atoms with Crippen molar-refractivity contribution in [1.82, 2.24) is 24.4 Å². The molecule has 1 aliphatic heterocycles. The van der Waals surface area contributed by atoms with Crippen LogP contribution in [-0.2, 0) is 16.6 Å². The predicted molar refractivity (Wildman–Crippen MR) is 132 cm³/mol. The number of aromatic nitrogens is 3. The third kappa shape index (κ3) is 5.63. The molecule has 0 radical (unpaired) electrons. The minimum absolute atomic E-state index is 0.255. The quantitative estimate of drug-likeness (QED) is 0.505. The molecule has 9 nitrogen and oxygen atoms in total. The van der Waals surface area contributed by atoms with Gasteiger partial charge in [-0.3, -0.25) is 4.57 Å². The van der Waals surface area contributed by atoms with Crippen LogP contribution in [-0.4, -0.2) is 61.3 Å². The van der Waals surface area contributed by atoms with E-state index in [1.54, 1.807) is 18.4 Å². The first-order valence-corrected chi connectivity index (χ1v) is 13.1. The lowest BCUT2D eigenvalue weighted by Crippen LogP contribution is -2.44. The largest absolute Gasteiger partial charge is 0.424 e. The number of hydrogen-bond acceptors (Lipinski definition) is 7. The number of likely N-dealkylation sites (N-methyl/N-ethyl adjacent to an activating group) is 1. The fraction of sp³-hybridized carbons (Fsp3) is 0.417. The lowest BCUT2D eigenvalue weighted by Gasteiger charge is -2.34. The molecule has 1 saturated heterocycles. The molecule has 188 valence electrons. The van der Waals surface area contributed by atoms with Gasteiger partial charge in [-0.05, 0) is 57.6 Å². The van der Waals surface area contributed by atoms with Gasteiger partial charge in [-0.15, -0.1) is 5.10 Å². The summed E-state index contributed by atoms with van der Waals surface area (Å²) >= 11 is 0. The van der Waals surface area contributed by atoms with Crippen molar-refractivity contribution in [3.8, 4) is 11.8 Å². The van der Waals surface area contributed by atoms with Crippen LogP contribution in [0.1, 0.15) is 31.3 Å². The Hall–Kier alpha value is -3.02. The first-order chi connectivity index (χ1) is 16.7. The van der Waals surface area contributed by atoms with Crippen LogP contribution in [0.4, 0.5) is 10.1 Å². The molecule has 0 aliphatic carbocycles. The summed E-state index contributed by atoms with van der Waals surface area (Å²) in [5.41, 5.74) is 1.71. The Morgan fingerprint density at radius 1 is 1.11 bits per heavy atom. The van der Waals surface area contributed by atoms with E-state index >= 15 is 0 Å². The molecular weight excluding hydrogens is 471 g/mol. The van der Waals surface area contributed by atoms with Gasteiger partial charge in [0.05, 0.1) is 6.04 Å². The van der Waals surface area contributed by atoms with E-state index in [0.29, 0.717) is 23.7 Å². The van der Waals surface area contributed by atoms with Gasteiger partial charge in [0.1, 0.15) is 16.5 Å². The topological polar surface area (TPSA) is 92.6 Å². The number of anilines is 1. The van der Waals surface area contributed by atoms with Gasteiger partial charge in [0.25, 0.3) is 0 Å². The van der Waals surface area contributed by atoms with Crippen molar-refractivity contribution in [2.24, 2.45) is 0 Å². The van der Waals surface area contributed by atoms with E-state index in [4.69, 9.17) is 4.74 Å². The Morgan fingerprint density at radius 2 is 1.86 bits per heavy atom. The summed E-state index contributed by atoms with van der Waals surface area (Å²) in [6.45, 7) is 9.57. The SMILES string of the molecule is CCn1c(Oc2cccc(N3CCN(C)CC3)c2)nnc1[C@@H](C)NS(=O)(=O)c1cc(C)ccc1F. The van der Waals surface area contributed by atoms with Crippen LogP contribution < -0.4 is 14.4 Å². The van der Waals surface area contributed by atoms with Gasteiger partial charge in [-0.2, -0.15) is 0 Å². The second kappa shape index (κ2) is 10.3. The maximum atomic E-state index is 14.2. The molecule has 1 aliphatic rings. The molecule has 0 bridgehead atoms. The predicted octanol–water partition coefficient (Wildman–Crippen LogP) is 3.33. The van der Waals surface area contributed by atoms with Crippen molar-refractivity contribution in [3.63, 3.8) is 0 Å². The number of halogens is 1. The first kappa shape index (κ1) is 25.1. The Kier molecular flexibility index (Phi) is 7.39. The Labute approximate surface area is 205 Å². The fourth-order valence-corrected chi connectivity index (χ4v) is 5.44. The number of ether oxygens (including phenoxy) is 1. The highest BCUT2D eigenvalue weighted by atomic mass is 32.2. The van der Waals surface area contributed by atoms with E-state index in [-0.39, 0.29) is 6.01 Å². The van der Waals surface area contributed by atoms with Crippen molar-refractivity contribution in [2.45, 2.75) is 38.3 Å². The summed E-state index contributed by atoms with van der Waals surface area (Å²) in [6, 6.07) is 11.3. The van der Waals surface area contributed by atoms with Gasteiger partial charge in [-0.25, -0.2) is 17.5 Å². The highest BCUT2D eigenvalue weighted by molar-refractivity contribution is 7.89. The maximum absolute atomic E-state index is 14.2. The second-order valence-electron chi connectivity index (χ2n) is 8.75. The summed E-state index contributed by atoms with van der Waals surface area (Å²) in [5, 5.41) is 8.32. The number of nitrogens with zero attached hydrogens (tertiary/aromatic N) is 5. The van der Waals surface area contributed by atoms with Gasteiger partial charge in [0, 0.05) is 44.5 Å². The number of benzene rings is 2. The Morgan fingerprint density at radius 3 is 2.57 bits per heavy atom. The number of hydrogen-bond donors (Lipinski definition) is 1. The normalized spacial score (nSPS) is 15.9. The van der Waals surface area contributed by atoms with Crippen molar-refractivity contribution < 1.29 is 17.5 Å². The zero-order valence-electron chi connectivity index (χ0n) is 20.4. The molecule has 1 N–H and O–H groups in total. The van der Waals surface area contributed by atoms with Gasteiger partial charge in [-0.1, -0.05) is 17.2 Å². The van der Waals surface area contributed by atoms with Gasteiger partial charge >= 0.3 is 6.01 Å². The maximum Gasteiger partial charge on any atom is 0.322 e. The van der Waals surface area contributed by atoms with Gasteiger partial charge < -0.3 is 14.5 Å². The number of nitrogens with one attached hydrogen (secondary N) is 1. The first-order valence-electron chi connectivity index (χ1n) is 11.6. The molecule has 1 fully saturated rings. The van der Waals surface area contributed by atoms with E-state index in [2.05, 4.69) is 37.8 Å². The van der Waals surface area contributed by atoms with Gasteiger partial charge in [0.2, 0.25) is 10.0 Å². The van der Waals surface area contributed by atoms with Crippen LogP contribution in [0.25, 0.3) is 0 Å². The number of aryl methyl sites for hydroxylation is 1. The molecule has 0 spiro atoms. The lowest BCUT2D eigenvalue weighted by molar-refractivity contribution is 0.312. The van der Waals surface area contributed by atoms with Crippen molar-refractivity contribution >= 4 is 15.7 Å². The summed E-state index contributed by atoms with van der Waals surface area (Å²) < 4.78 is 50.2. The molecule has 1 atom stereocenters. The zero-order valence-corrected chi connectivity index (χ0v) is 21.2. The van der Waals surface area contributed by atoms with E-state index in [9.17, 15) is 12.8 Å². The molecule has 11 heteroatoms. The Balaban J connectivity index is 1.52. The van der Waals surface area contributed by atoms with Crippen molar-refractivity contribution in [2.75, 3.05) is 38.1 Å².